The van der Waals surface area contributed by atoms with Gasteiger partial charge in [0.2, 0.25) is 0 Å². The van der Waals surface area contributed by atoms with E-state index in [2.05, 4.69) is 0 Å². The van der Waals surface area contributed by atoms with Gasteiger partial charge in [-0.2, -0.15) is 0 Å². The second-order valence-electron chi connectivity index (χ2n) is 12.9. The van der Waals surface area contributed by atoms with Crippen molar-refractivity contribution in [3.63, 3.8) is 0 Å². The molecule has 0 aliphatic carbocycles. The number of hydrogen-bond acceptors (Lipinski definition) is 15. The van der Waals surface area contributed by atoms with E-state index >= 15 is 0 Å². The fraction of sp³-hybridized carbons (Fsp3) is 0.231. The molecule has 58 heavy (non-hydrogen) atoms. The van der Waals surface area contributed by atoms with E-state index in [0.29, 0.717) is 32.8 Å². The van der Waals surface area contributed by atoms with E-state index in [1.807, 2.05) is 77.9 Å². The second kappa shape index (κ2) is 24.2. The summed E-state index contributed by atoms with van der Waals surface area (Å²) in [6.45, 7) is 11.2. The van der Waals surface area contributed by atoms with Gasteiger partial charge in [-0.1, -0.05) is 151 Å². The molecule has 0 saturated carbocycles. The quantitative estimate of drug-likeness (QED) is 0.0847. The van der Waals surface area contributed by atoms with Gasteiger partial charge >= 0.3 is 16.8 Å². The third-order valence-electron chi connectivity index (χ3n) is 8.35. The number of benzene rings is 6. The molecule has 0 unspecified atom stereocenters. The van der Waals surface area contributed by atoms with Gasteiger partial charge in [0, 0.05) is 0 Å². The molecule has 15 nitrogen and oxygen atoms in total. The molecule has 0 atom stereocenters. The number of rotatable bonds is 6. The van der Waals surface area contributed by atoms with E-state index in [4.69, 9.17) is 0 Å². The molecule has 0 aliphatic rings. The zero-order chi connectivity index (χ0) is 37.9. The van der Waals surface area contributed by atoms with Crippen molar-refractivity contribution >= 4 is 62.7 Å². The monoisotopic (exact) mass is 908 g/mol. The Labute approximate surface area is 353 Å². The largest absolute Gasteiger partial charge is 3.00 e. The minimum atomic E-state index is -4.46. The molecule has 6 rings (SSSR count). The smallest absolute Gasteiger partial charge is 0.744 e. The Hall–Kier alpha value is -3.90. The van der Waals surface area contributed by atoms with E-state index in [9.17, 15) is 38.9 Å². The van der Waals surface area contributed by atoms with Crippen LogP contribution in [0.1, 0.15) is 76.0 Å². The summed E-state index contributed by atoms with van der Waals surface area (Å²) in [7, 11) is -13.4. The van der Waals surface area contributed by atoms with Crippen molar-refractivity contribution in [2.24, 2.45) is 0 Å². The van der Waals surface area contributed by atoms with Gasteiger partial charge < -0.3 is 50.6 Å². The van der Waals surface area contributed by atoms with Crippen molar-refractivity contribution in [1.82, 2.24) is 36.9 Å². The average Bonchev–Trinajstić information content (AvgIpc) is 3.05. The van der Waals surface area contributed by atoms with Gasteiger partial charge in [0.25, 0.3) is 0 Å². The Morgan fingerprint density at radius 1 is 0.345 bits per heavy atom. The van der Waals surface area contributed by atoms with Crippen LogP contribution in [0, 0.1) is 0 Å². The molecule has 0 fully saturated rings. The van der Waals surface area contributed by atoms with Gasteiger partial charge in [0.1, 0.15) is 30.4 Å². The van der Waals surface area contributed by atoms with Crippen LogP contribution in [0.5, 0.6) is 0 Å². The Kier molecular flexibility index (Phi) is 25.4. The molecule has 0 heterocycles. The molecular weight excluding hydrogens is 852 g/mol. The number of hydrogen-bond donors (Lipinski definition) is 6. The molecule has 324 valence electrons. The first kappa shape index (κ1) is 60.8. The van der Waals surface area contributed by atoms with Crippen LogP contribution in [-0.2, 0) is 47.1 Å². The zero-order valence-electron chi connectivity index (χ0n) is 33.6. The molecule has 0 amide bonds. The van der Waals surface area contributed by atoms with Crippen molar-refractivity contribution in [2.75, 3.05) is 0 Å². The molecule has 18 N–H and O–H groups in total. The summed E-state index contributed by atoms with van der Waals surface area (Å²) in [4.78, 5) is -0.234. The third kappa shape index (κ3) is 14.1. The fourth-order valence-electron chi connectivity index (χ4n) is 5.98. The van der Waals surface area contributed by atoms with Crippen LogP contribution < -0.4 is 36.9 Å². The van der Waals surface area contributed by atoms with Crippen LogP contribution in [0.3, 0.4) is 0 Å². The first-order valence-corrected chi connectivity index (χ1v) is 20.4. The molecule has 0 aromatic heterocycles. The summed E-state index contributed by atoms with van der Waals surface area (Å²) < 4.78 is 103. The summed E-state index contributed by atoms with van der Waals surface area (Å²) in [6.07, 6.45) is 0. The van der Waals surface area contributed by atoms with Crippen LogP contribution in [0.4, 0.5) is 0 Å². The van der Waals surface area contributed by atoms with Crippen molar-refractivity contribution < 1.29 is 55.7 Å². The maximum Gasteiger partial charge on any atom is 3.00 e. The molecule has 6 aromatic carbocycles. The van der Waals surface area contributed by atoms with Gasteiger partial charge in [-0.25, -0.2) is 25.3 Å². The predicted molar refractivity (Wildman–Crippen MR) is 228 cm³/mol. The second-order valence-corrected chi connectivity index (χ2v) is 16.9. The number of fused-ring (bicyclic) bond motifs is 3. The summed E-state index contributed by atoms with van der Waals surface area (Å²) >= 11 is 0. The Morgan fingerprint density at radius 3 is 0.707 bits per heavy atom. The Morgan fingerprint density at radius 2 is 0.534 bits per heavy atom. The van der Waals surface area contributed by atoms with Gasteiger partial charge in [0.15, 0.2) is 0 Å². The first-order chi connectivity index (χ1) is 23.7. The maximum absolute atomic E-state index is 11.4. The molecule has 0 aliphatic heterocycles. The van der Waals surface area contributed by atoms with Gasteiger partial charge in [-0.3, -0.25) is 0 Å². The minimum Gasteiger partial charge on any atom is -0.744 e. The normalized spacial score (nSPS) is 10.8. The molecule has 19 heteroatoms. The molecule has 0 bridgehead atoms. The Balaban J connectivity index is -0.000000356. The SMILES string of the molecule is CC(C)c1ccc2ccccc2c1S(=O)(=O)[O-].CC(C)c1ccc2ccccc2c1S(=O)(=O)[O-].CC(C)c1ccc2ccccc2c1S(=O)(=O)[O-].N.N.N.N.N.N.[Co+3]. The average molecular weight is 909 g/mol. The topological polar surface area (TPSA) is 382 Å². The van der Waals surface area contributed by atoms with Gasteiger partial charge in [0.05, 0.1) is 14.7 Å². The molecule has 0 saturated heterocycles. The van der Waals surface area contributed by atoms with Crippen LogP contribution in [0.25, 0.3) is 32.3 Å². The standard InChI is InChI=1S/3C13H14O3S.Co.6H3N/c3*1-9(2)11-8-7-10-5-3-4-6-12(10)13(11)17(14,15)16;;;;;;;/h3*3-9H,1-2H3,(H,14,15,16);;6*1H3/q;;;+3;;;;;;/p-3. The summed E-state index contributed by atoms with van der Waals surface area (Å²) in [5, 5.41) is 3.83. The summed E-state index contributed by atoms with van der Waals surface area (Å²) in [6, 6.07) is 31.8. The maximum atomic E-state index is 11.4. The first-order valence-electron chi connectivity index (χ1n) is 16.2. The van der Waals surface area contributed by atoms with E-state index in [1.165, 1.54) is 0 Å². The van der Waals surface area contributed by atoms with Crippen molar-refractivity contribution in [3.8, 4) is 0 Å². The Bertz CT molecular complexity index is 2290. The van der Waals surface area contributed by atoms with E-state index < -0.39 is 30.4 Å². The molecule has 0 radical (unpaired) electrons. The van der Waals surface area contributed by atoms with Crippen molar-refractivity contribution in [2.45, 2.75) is 74.0 Å². The van der Waals surface area contributed by atoms with Crippen LogP contribution >= 0.6 is 0 Å². The molecular formula is C39H57CoN6O9S3. The molecule has 6 aromatic rings. The van der Waals surface area contributed by atoms with Crippen LogP contribution in [0.15, 0.2) is 124 Å². The zero-order valence-corrected chi connectivity index (χ0v) is 37.1. The van der Waals surface area contributed by atoms with Crippen molar-refractivity contribution in [1.29, 1.82) is 0 Å². The fourth-order valence-corrected chi connectivity index (χ4v) is 9.12. The van der Waals surface area contributed by atoms with Crippen LogP contribution in [0.2, 0.25) is 0 Å². The van der Waals surface area contributed by atoms with Crippen LogP contribution in [-0.4, -0.2) is 38.9 Å². The summed E-state index contributed by atoms with van der Waals surface area (Å²) in [5.74, 6) is -0.00464. The summed E-state index contributed by atoms with van der Waals surface area (Å²) in [5.41, 5.74) is 1.75. The van der Waals surface area contributed by atoms with Gasteiger partial charge in [-0.05, 0) is 66.8 Å². The third-order valence-corrected chi connectivity index (χ3v) is 11.2. The van der Waals surface area contributed by atoms with E-state index in [1.54, 1.807) is 72.8 Å². The van der Waals surface area contributed by atoms with E-state index in [-0.39, 0.29) is 86.1 Å². The van der Waals surface area contributed by atoms with Gasteiger partial charge in [-0.15, -0.1) is 0 Å². The molecule has 0 spiro atoms. The van der Waals surface area contributed by atoms with E-state index in [0.717, 1.165) is 16.2 Å². The van der Waals surface area contributed by atoms with Crippen molar-refractivity contribution in [3.05, 3.63) is 126 Å². The minimum absolute atomic E-state index is 0. The predicted octanol–water partition coefficient (Wildman–Crippen LogP) is 9.57.